The molecule has 0 bridgehead atoms. The summed E-state index contributed by atoms with van der Waals surface area (Å²) >= 11 is 5.88. The van der Waals surface area contributed by atoms with Crippen LogP contribution in [0.15, 0.2) is 54.7 Å². The third-order valence-electron chi connectivity index (χ3n) is 3.55. The highest BCUT2D eigenvalue weighted by Gasteiger charge is 2.21. The Morgan fingerprint density at radius 1 is 1.17 bits per heavy atom. The van der Waals surface area contributed by atoms with Gasteiger partial charge in [0.2, 0.25) is 0 Å². The second kappa shape index (κ2) is 6.76. The number of fused-ring (bicyclic) bond motifs is 1. The van der Waals surface area contributed by atoms with Crippen molar-refractivity contribution in [2.45, 2.75) is 13.0 Å². The van der Waals surface area contributed by atoms with Gasteiger partial charge in [-0.1, -0.05) is 35.9 Å². The van der Waals surface area contributed by atoms with Gasteiger partial charge in [-0.2, -0.15) is 0 Å². The van der Waals surface area contributed by atoms with Crippen molar-refractivity contribution in [1.29, 1.82) is 0 Å². The van der Waals surface area contributed by atoms with E-state index in [1.165, 1.54) is 6.92 Å². The Morgan fingerprint density at radius 2 is 1.96 bits per heavy atom. The summed E-state index contributed by atoms with van der Waals surface area (Å²) in [4.78, 5) is 27.5. The number of amides is 1. The zero-order valence-corrected chi connectivity index (χ0v) is 13.6. The molecule has 1 amide bonds. The molecular formula is C18H15ClN2O3. The zero-order chi connectivity index (χ0) is 17.1. The number of aromatic nitrogens is 1. The Bertz CT molecular complexity index is 904. The number of H-pyrrole nitrogens is 1. The molecule has 1 heterocycles. The Kier molecular flexibility index (Phi) is 4.53. The van der Waals surface area contributed by atoms with Crippen LogP contribution in [0, 0.1) is 0 Å². The maximum atomic E-state index is 12.3. The first-order valence-electron chi connectivity index (χ1n) is 7.38. The van der Waals surface area contributed by atoms with E-state index in [1.807, 2.05) is 24.3 Å². The number of carbonyl (C=O) groups is 2. The van der Waals surface area contributed by atoms with Gasteiger partial charge >= 0.3 is 5.97 Å². The van der Waals surface area contributed by atoms with Gasteiger partial charge in [0.1, 0.15) is 0 Å². The number of para-hydroxylation sites is 1. The van der Waals surface area contributed by atoms with Crippen molar-refractivity contribution in [2.75, 3.05) is 5.32 Å². The Labute approximate surface area is 143 Å². The minimum Gasteiger partial charge on any atom is -0.449 e. The number of nitrogens with one attached hydrogen (secondary N) is 2. The van der Waals surface area contributed by atoms with Gasteiger partial charge in [0.25, 0.3) is 5.91 Å². The first-order valence-corrected chi connectivity index (χ1v) is 7.76. The van der Waals surface area contributed by atoms with Crippen LogP contribution < -0.4 is 5.32 Å². The van der Waals surface area contributed by atoms with Gasteiger partial charge in [0, 0.05) is 27.8 Å². The van der Waals surface area contributed by atoms with Gasteiger partial charge in [0.05, 0.1) is 5.56 Å². The zero-order valence-electron chi connectivity index (χ0n) is 12.9. The van der Waals surface area contributed by atoms with Gasteiger partial charge in [-0.25, -0.2) is 4.79 Å². The quantitative estimate of drug-likeness (QED) is 0.704. The third-order valence-corrected chi connectivity index (χ3v) is 3.79. The predicted octanol–water partition coefficient (Wildman–Crippen LogP) is 4.01. The van der Waals surface area contributed by atoms with Crippen molar-refractivity contribution in [3.8, 4) is 0 Å². The number of hydrogen-bond donors (Lipinski definition) is 2. The van der Waals surface area contributed by atoms with Gasteiger partial charge in [-0.3, -0.25) is 4.79 Å². The first kappa shape index (κ1) is 16.1. The highest BCUT2D eigenvalue weighted by Crippen LogP contribution is 2.19. The van der Waals surface area contributed by atoms with Gasteiger partial charge in [-0.15, -0.1) is 0 Å². The van der Waals surface area contributed by atoms with E-state index in [0.29, 0.717) is 16.3 Å². The maximum absolute atomic E-state index is 12.3. The SMILES string of the molecule is C[C@@H](OC(=O)c1c[nH]c2ccccc12)C(=O)Nc1cccc(Cl)c1. The highest BCUT2D eigenvalue weighted by atomic mass is 35.5. The lowest BCUT2D eigenvalue weighted by atomic mass is 10.2. The second-order valence-electron chi connectivity index (χ2n) is 5.30. The number of hydrogen-bond acceptors (Lipinski definition) is 3. The maximum Gasteiger partial charge on any atom is 0.341 e. The second-order valence-corrected chi connectivity index (χ2v) is 5.73. The van der Waals surface area contributed by atoms with Crippen LogP contribution in [0.3, 0.4) is 0 Å². The third kappa shape index (κ3) is 3.41. The summed E-state index contributed by atoms with van der Waals surface area (Å²) in [7, 11) is 0. The summed E-state index contributed by atoms with van der Waals surface area (Å²) in [5.41, 5.74) is 1.77. The number of anilines is 1. The van der Waals surface area contributed by atoms with E-state index in [9.17, 15) is 9.59 Å². The monoisotopic (exact) mass is 342 g/mol. The first-order chi connectivity index (χ1) is 11.5. The molecule has 3 rings (SSSR count). The van der Waals surface area contributed by atoms with E-state index < -0.39 is 18.0 Å². The normalized spacial score (nSPS) is 11.9. The van der Waals surface area contributed by atoms with Crippen molar-refractivity contribution in [3.05, 3.63) is 65.3 Å². The fourth-order valence-electron chi connectivity index (χ4n) is 2.33. The molecule has 0 aliphatic carbocycles. The summed E-state index contributed by atoms with van der Waals surface area (Å²) in [5, 5.41) is 3.93. The molecule has 0 unspecified atom stereocenters. The smallest absolute Gasteiger partial charge is 0.341 e. The van der Waals surface area contributed by atoms with Crippen LogP contribution in [0.4, 0.5) is 5.69 Å². The van der Waals surface area contributed by atoms with E-state index in [4.69, 9.17) is 16.3 Å². The van der Waals surface area contributed by atoms with Crippen LogP contribution in [0.25, 0.3) is 10.9 Å². The number of carbonyl (C=O) groups excluding carboxylic acids is 2. The molecule has 3 aromatic rings. The van der Waals surface area contributed by atoms with Gasteiger partial charge in [-0.05, 0) is 31.2 Å². The van der Waals surface area contributed by atoms with Crippen molar-refractivity contribution in [2.24, 2.45) is 0 Å². The molecule has 0 saturated carbocycles. The minimum atomic E-state index is -0.940. The molecule has 0 saturated heterocycles. The molecule has 0 radical (unpaired) electrons. The average molecular weight is 343 g/mol. The van der Waals surface area contributed by atoms with E-state index in [-0.39, 0.29) is 0 Å². The van der Waals surface area contributed by atoms with Gasteiger partial charge < -0.3 is 15.0 Å². The van der Waals surface area contributed by atoms with E-state index >= 15 is 0 Å². The lowest BCUT2D eigenvalue weighted by Gasteiger charge is -2.13. The molecule has 2 aromatic carbocycles. The predicted molar refractivity (Wildman–Crippen MR) is 93.3 cm³/mol. The van der Waals surface area contributed by atoms with Crippen LogP contribution >= 0.6 is 11.6 Å². The number of ether oxygens (including phenoxy) is 1. The molecule has 1 atom stereocenters. The molecule has 6 heteroatoms. The van der Waals surface area contributed by atoms with Crippen molar-refractivity contribution in [3.63, 3.8) is 0 Å². The minimum absolute atomic E-state index is 0.396. The summed E-state index contributed by atoms with van der Waals surface area (Å²) in [6, 6.07) is 14.1. The average Bonchev–Trinajstić information content (AvgIpc) is 2.99. The number of benzene rings is 2. The summed E-state index contributed by atoms with van der Waals surface area (Å²) < 4.78 is 5.26. The molecule has 0 aliphatic rings. The molecule has 0 aliphatic heterocycles. The Morgan fingerprint density at radius 3 is 2.75 bits per heavy atom. The Hall–Kier alpha value is -2.79. The molecule has 1 aromatic heterocycles. The molecule has 5 nitrogen and oxygen atoms in total. The topological polar surface area (TPSA) is 71.2 Å². The lowest BCUT2D eigenvalue weighted by molar-refractivity contribution is -0.123. The molecule has 24 heavy (non-hydrogen) atoms. The number of rotatable bonds is 4. The van der Waals surface area contributed by atoms with Crippen LogP contribution in [0.1, 0.15) is 17.3 Å². The summed E-state index contributed by atoms with van der Waals surface area (Å²) in [6.07, 6.45) is 0.638. The van der Waals surface area contributed by atoms with Gasteiger partial charge in [0.15, 0.2) is 6.10 Å². The van der Waals surface area contributed by atoms with E-state index in [2.05, 4.69) is 10.3 Å². The molecular weight excluding hydrogens is 328 g/mol. The Balaban J connectivity index is 1.68. The van der Waals surface area contributed by atoms with E-state index in [1.54, 1.807) is 30.5 Å². The lowest BCUT2D eigenvalue weighted by Crippen LogP contribution is -2.29. The fraction of sp³-hybridized carbons (Fsp3) is 0.111. The van der Waals surface area contributed by atoms with Crippen LogP contribution in [-0.2, 0) is 9.53 Å². The van der Waals surface area contributed by atoms with Crippen molar-refractivity contribution in [1.82, 2.24) is 4.98 Å². The van der Waals surface area contributed by atoms with Crippen LogP contribution in [0.2, 0.25) is 5.02 Å². The molecule has 122 valence electrons. The largest absolute Gasteiger partial charge is 0.449 e. The summed E-state index contributed by atoms with van der Waals surface area (Å²) in [6.45, 7) is 1.52. The number of halogens is 1. The standard InChI is InChI=1S/C18H15ClN2O3/c1-11(17(22)21-13-6-4-5-12(19)9-13)24-18(23)15-10-20-16-8-3-2-7-14(15)16/h2-11,20H,1H3,(H,21,22)/t11-/m1/s1. The molecule has 2 N–H and O–H groups in total. The summed E-state index contributed by atoms with van der Waals surface area (Å²) in [5.74, 6) is -0.980. The van der Waals surface area contributed by atoms with Crippen LogP contribution in [0.5, 0.6) is 0 Å². The van der Waals surface area contributed by atoms with Crippen LogP contribution in [-0.4, -0.2) is 23.0 Å². The van der Waals surface area contributed by atoms with E-state index in [0.717, 1.165) is 10.9 Å². The van der Waals surface area contributed by atoms with Crippen molar-refractivity contribution < 1.29 is 14.3 Å². The molecule has 0 spiro atoms. The number of aromatic amines is 1. The fourth-order valence-corrected chi connectivity index (χ4v) is 2.52. The molecule has 0 fully saturated rings. The number of esters is 1. The highest BCUT2D eigenvalue weighted by molar-refractivity contribution is 6.30. The van der Waals surface area contributed by atoms with Crippen molar-refractivity contribution >= 4 is 40.1 Å².